The number of carbonyl (C=O) groups excluding carboxylic acids is 1. The highest BCUT2D eigenvalue weighted by Crippen LogP contribution is 2.18. The first-order chi connectivity index (χ1) is 12.1. The lowest BCUT2D eigenvalue weighted by molar-refractivity contribution is 0.104. The SMILES string of the molecule is CCn1ccc(C(=O)C=Cc2ccc(COc3ccc(Cl)cc3)o2)n1. The Labute approximate surface area is 150 Å². The molecule has 6 heteroatoms. The maximum atomic E-state index is 12.1. The Bertz CT molecular complexity index is 878. The number of ketones is 1. The van der Waals surface area contributed by atoms with Crippen molar-refractivity contribution in [3.8, 4) is 5.75 Å². The summed E-state index contributed by atoms with van der Waals surface area (Å²) in [6.07, 6.45) is 4.85. The van der Waals surface area contributed by atoms with Crippen LogP contribution in [0.2, 0.25) is 5.02 Å². The Morgan fingerprint density at radius 2 is 2.04 bits per heavy atom. The van der Waals surface area contributed by atoms with Gasteiger partial charge in [-0.3, -0.25) is 9.48 Å². The van der Waals surface area contributed by atoms with Crippen molar-refractivity contribution in [3.63, 3.8) is 0 Å². The van der Waals surface area contributed by atoms with E-state index < -0.39 is 0 Å². The second-order valence-corrected chi connectivity index (χ2v) is 5.74. The number of aryl methyl sites for hydroxylation is 1. The van der Waals surface area contributed by atoms with Crippen molar-refractivity contribution in [2.24, 2.45) is 0 Å². The fourth-order valence-corrected chi connectivity index (χ4v) is 2.29. The predicted octanol–water partition coefficient (Wildman–Crippen LogP) is 4.62. The molecule has 0 aliphatic rings. The molecular weight excluding hydrogens is 340 g/mol. The minimum absolute atomic E-state index is 0.164. The first-order valence-corrected chi connectivity index (χ1v) is 8.25. The fraction of sp³-hybridized carbons (Fsp3) is 0.158. The monoisotopic (exact) mass is 356 g/mol. The molecule has 25 heavy (non-hydrogen) atoms. The fourth-order valence-electron chi connectivity index (χ4n) is 2.16. The number of aromatic nitrogens is 2. The Kier molecular flexibility index (Phi) is 5.36. The standard InChI is InChI=1S/C19H17ClN2O3/c1-2-22-12-11-18(21-22)19(23)10-9-16-7-8-17(25-16)13-24-15-5-3-14(20)4-6-15/h3-12H,2,13H2,1H3. The van der Waals surface area contributed by atoms with E-state index >= 15 is 0 Å². The third kappa shape index (κ3) is 4.61. The van der Waals surface area contributed by atoms with Gasteiger partial charge in [0.05, 0.1) is 0 Å². The second kappa shape index (κ2) is 7.85. The minimum Gasteiger partial charge on any atom is -0.486 e. The molecule has 0 saturated carbocycles. The van der Waals surface area contributed by atoms with E-state index in [4.69, 9.17) is 20.8 Å². The maximum Gasteiger partial charge on any atom is 0.206 e. The van der Waals surface area contributed by atoms with Crippen LogP contribution in [0.3, 0.4) is 0 Å². The van der Waals surface area contributed by atoms with Gasteiger partial charge in [0.1, 0.15) is 29.6 Å². The van der Waals surface area contributed by atoms with Gasteiger partial charge in [0, 0.05) is 17.8 Å². The number of allylic oxidation sites excluding steroid dienone is 1. The Balaban J connectivity index is 1.57. The number of halogens is 1. The quantitative estimate of drug-likeness (QED) is 0.457. The molecule has 0 spiro atoms. The maximum absolute atomic E-state index is 12.1. The van der Waals surface area contributed by atoms with E-state index in [2.05, 4.69) is 5.10 Å². The predicted molar refractivity (Wildman–Crippen MR) is 95.8 cm³/mol. The molecule has 0 atom stereocenters. The van der Waals surface area contributed by atoms with Crippen LogP contribution >= 0.6 is 11.6 Å². The molecule has 128 valence electrons. The van der Waals surface area contributed by atoms with Crippen LogP contribution in [0.25, 0.3) is 6.08 Å². The van der Waals surface area contributed by atoms with E-state index in [0.29, 0.717) is 34.6 Å². The average molecular weight is 357 g/mol. The van der Waals surface area contributed by atoms with Crippen molar-refractivity contribution < 1.29 is 13.9 Å². The summed E-state index contributed by atoms with van der Waals surface area (Å²) in [7, 11) is 0. The second-order valence-electron chi connectivity index (χ2n) is 5.30. The van der Waals surface area contributed by atoms with E-state index in [1.165, 1.54) is 6.08 Å². The molecule has 3 rings (SSSR count). The molecule has 2 aromatic heterocycles. The van der Waals surface area contributed by atoms with Crippen LogP contribution < -0.4 is 4.74 Å². The molecule has 0 fully saturated rings. The molecule has 0 aliphatic carbocycles. The third-order valence-electron chi connectivity index (χ3n) is 3.49. The number of ether oxygens (including phenoxy) is 1. The van der Waals surface area contributed by atoms with Crippen molar-refractivity contribution in [1.29, 1.82) is 0 Å². The van der Waals surface area contributed by atoms with Gasteiger partial charge in [0.25, 0.3) is 0 Å². The number of hydrogen-bond donors (Lipinski definition) is 0. The lowest BCUT2D eigenvalue weighted by atomic mass is 10.2. The van der Waals surface area contributed by atoms with Crippen molar-refractivity contribution in [2.75, 3.05) is 0 Å². The molecule has 2 heterocycles. The summed E-state index contributed by atoms with van der Waals surface area (Å²) in [5, 5.41) is 4.83. The summed E-state index contributed by atoms with van der Waals surface area (Å²) < 4.78 is 12.9. The molecule has 0 saturated heterocycles. The Morgan fingerprint density at radius 3 is 2.76 bits per heavy atom. The molecule has 5 nitrogen and oxygen atoms in total. The number of rotatable bonds is 7. The topological polar surface area (TPSA) is 57.3 Å². The van der Waals surface area contributed by atoms with Gasteiger partial charge in [-0.05, 0) is 61.5 Å². The number of benzene rings is 1. The smallest absolute Gasteiger partial charge is 0.206 e. The van der Waals surface area contributed by atoms with Gasteiger partial charge in [-0.15, -0.1) is 0 Å². The molecule has 1 aromatic carbocycles. The van der Waals surface area contributed by atoms with E-state index in [1.54, 1.807) is 53.4 Å². The van der Waals surface area contributed by atoms with Crippen LogP contribution in [-0.2, 0) is 13.2 Å². The summed E-state index contributed by atoms with van der Waals surface area (Å²) in [5.74, 6) is 1.79. The molecule has 0 aliphatic heterocycles. The largest absolute Gasteiger partial charge is 0.486 e. The van der Waals surface area contributed by atoms with Crippen molar-refractivity contribution in [1.82, 2.24) is 9.78 Å². The molecule has 0 N–H and O–H groups in total. The van der Waals surface area contributed by atoms with Gasteiger partial charge >= 0.3 is 0 Å². The normalized spacial score (nSPS) is 11.1. The molecule has 0 unspecified atom stereocenters. The summed E-state index contributed by atoms with van der Waals surface area (Å²) in [5.41, 5.74) is 0.413. The summed E-state index contributed by atoms with van der Waals surface area (Å²) in [6, 6.07) is 12.4. The van der Waals surface area contributed by atoms with Crippen LogP contribution in [-0.4, -0.2) is 15.6 Å². The average Bonchev–Trinajstić information content (AvgIpc) is 3.28. The van der Waals surface area contributed by atoms with Crippen LogP contribution in [0.4, 0.5) is 0 Å². The molecule has 0 bridgehead atoms. The lowest BCUT2D eigenvalue weighted by Gasteiger charge is -2.03. The zero-order chi connectivity index (χ0) is 17.6. The van der Waals surface area contributed by atoms with Gasteiger partial charge in [-0.2, -0.15) is 5.10 Å². The van der Waals surface area contributed by atoms with Crippen LogP contribution in [0.1, 0.15) is 28.9 Å². The molecular formula is C19H17ClN2O3. The minimum atomic E-state index is -0.164. The van der Waals surface area contributed by atoms with Gasteiger partial charge in [0.15, 0.2) is 0 Å². The van der Waals surface area contributed by atoms with E-state index in [0.717, 1.165) is 6.54 Å². The van der Waals surface area contributed by atoms with Crippen LogP contribution in [0.15, 0.2) is 59.2 Å². The highest BCUT2D eigenvalue weighted by Gasteiger charge is 2.06. The molecule has 3 aromatic rings. The Hall–Kier alpha value is -2.79. The van der Waals surface area contributed by atoms with Gasteiger partial charge in [-0.25, -0.2) is 0 Å². The van der Waals surface area contributed by atoms with E-state index in [-0.39, 0.29) is 5.78 Å². The molecule has 0 radical (unpaired) electrons. The van der Waals surface area contributed by atoms with Crippen LogP contribution in [0, 0.1) is 0 Å². The zero-order valence-corrected chi connectivity index (χ0v) is 14.4. The van der Waals surface area contributed by atoms with E-state index in [1.807, 2.05) is 13.0 Å². The number of hydrogen-bond acceptors (Lipinski definition) is 4. The third-order valence-corrected chi connectivity index (χ3v) is 3.75. The summed E-state index contributed by atoms with van der Waals surface area (Å²) >= 11 is 5.83. The van der Waals surface area contributed by atoms with Crippen molar-refractivity contribution in [3.05, 3.63) is 77.0 Å². The van der Waals surface area contributed by atoms with Gasteiger partial charge in [0.2, 0.25) is 5.78 Å². The van der Waals surface area contributed by atoms with Gasteiger partial charge < -0.3 is 9.15 Å². The van der Waals surface area contributed by atoms with Crippen molar-refractivity contribution >= 4 is 23.5 Å². The van der Waals surface area contributed by atoms with Gasteiger partial charge in [-0.1, -0.05) is 11.6 Å². The lowest BCUT2D eigenvalue weighted by Crippen LogP contribution is -1.99. The summed E-state index contributed by atoms with van der Waals surface area (Å²) in [4.78, 5) is 12.1. The number of carbonyl (C=O) groups is 1. The first-order valence-electron chi connectivity index (χ1n) is 7.87. The zero-order valence-electron chi connectivity index (χ0n) is 13.7. The van der Waals surface area contributed by atoms with Crippen LogP contribution in [0.5, 0.6) is 5.75 Å². The van der Waals surface area contributed by atoms with Crippen molar-refractivity contribution in [2.45, 2.75) is 20.1 Å². The molecule has 0 amide bonds. The number of furan rings is 1. The number of nitrogens with zero attached hydrogens (tertiary/aromatic N) is 2. The first kappa shape index (κ1) is 17.0. The highest BCUT2D eigenvalue weighted by molar-refractivity contribution is 6.30. The summed E-state index contributed by atoms with van der Waals surface area (Å²) in [6.45, 7) is 2.99. The highest BCUT2D eigenvalue weighted by atomic mass is 35.5. The Morgan fingerprint density at radius 1 is 1.24 bits per heavy atom. The van der Waals surface area contributed by atoms with E-state index in [9.17, 15) is 4.79 Å².